The van der Waals surface area contributed by atoms with Crippen LogP contribution < -0.4 is 5.32 Å². The van der Waals surface area contributed by atoms with E-state index in [0.29, 0.717) is 11.8 Å². The lowest BCUT2D eigenvalue weighted by atomic mass is 9.63. The molecule has 3 heterocycles. The summed E-state index contributed by atoms with van der Waals surface area (Å²) in [6, 6.07) is 10.4. The number of aromatic nitrogens is 3. The number of hydrogen-bond acceptors (Lipinski definition) is 4. The highest BCUT2D eigenvalue weighted by Crippen LogP contribution is 2.45. The Bertz CT molecular complexity index is 825. The quantitative estimate of drug-likeness (QED) is 0.858. The number of carbonyl (C=O) groups is 1. The van der Waals surface area contributed by atoms with Crippen LogP contribution in [0.5, 0.6) is 0 Å². The second-order valence-corrected chi connectivity index (χ2v) is 8.17. The Labute approximate surface area is 172 Å². The highest BCUT2D eigenvalue weighted by atomic mass is 35.5. The minimum atomic E-state index is -0.270. The van der Waals surface area contributed by atoms with Crippen molar-refractivity contribution in [3.8, 4) is 0 Å². The highest BCUT2D eigenvalue weighted by molar-refractivity contribution is 5.89. The fourth-order valence-corrected chi connectivity index (χ4v) is 4.97. The maximum absolute atomic E-state index is 13.4. The molecule has 2 aromatic rings. The molecule has 2 aliphatic heterocycles. The Hall–Kier alpha value is -1.92. The molecule has 3 aliphatic rings. The molecule has 0 radical (unpaired) electrons. The molecule has 1 saturated carbocycles. The number of amides is 1. The number of carbonyl (C=O) groups excluding carboxylic acids is 1. The number of benzene rings is 1. The largest absolute Gasteiger partial charge is 0.342 e. The van der Waals surface area contributed by atoms with Gasteiger partial charge in [-0.1, -0.05) is 36.8 Å². The molecule has 1 aromatic heterocycles. The van der Waals surface area contributed by atoms with Crippen LogP contribution in [0.3, 0.4) is 0 Å². The van der Waals surface area contributed by atoms with E-state index < -0.39 is 0 Å². The standard InChI is InChI=1S/C21H27N5O.ClH/c27-20(21(9-4-10-21)17-5-2-1-3-6-17)25-12-7-16(8-13-25)19-24-23-18-15-22-11-14-26(18)19;/h1-3,5-6,16,22H,4,7-15H2;1H. The summed E-state index contributed by atoms with van der Waals surface area (Å²) in [5.74, 6) is 2.93. The number of likely N-dealkylation sites (tertiary alicyclic amines) is 1. The molecule has 0 atom stereocenters. The van der Waals surface area contributed by atoms with Gasteiger partial charge in [0, 0.05) is 32.1 Å². The van der Waals surface area contributed by atoms with Crippen molar-refractivity contribution in [3.05, 3.63) is 47.5 Å². The third kappa shape index (κ3) is 3.12. The summed E-state index contributed by atoms with van der Waals surface area (Å²) in [5.41, 5.74) is 0.927. The molecule has 150 valence electrons. The number of nitrogens with one attached hydrogen (secondary N) is 1. The van der Waals surface area contributed by atoms with E-state index in [1.165, 1.54) is 5.56 Å². The summed E-state index contributed by atoms with van der Waals surface area (Å²) in [5, 5.41) is 12.2. The molecule has 1 amide bonds. The predicted octanol–water partition coefficient (Wildman–Crippen LogP) is 2.63. The van der Waals surface area contributed by atoms with Crippen LogP contribution in [0.15, 0.2) is 30.3 Å². The van der Waals surface area contributed by atoms with Crippen LogP contribution in [-0.4, -0.2) is 45.2 Å². The number of nitrogens with zero attached hydrogens (tertiary/aromatic N) is 4. The van der Waals surface area contributed by atoms with Gasteiger partial charge >= 0.3 is 0 Å². The van der Waals surface area contributed by atoms with Crippen molar-refractivity contribution in [1.82, 2.24) is 25.0 Å². The van der Waals surface area contributed by atoms with Crippen molar-refractivity contribution in [2.75, 3.05) is 19.6 Å². The summed E-state index contributed by atoms with van der Waals surface area (Å²) >= 11 is 0. The first-order chi connectivity index (χ1) is 13.3. The Morgan fingerprint density at radius 2 is 1.82 bits per heavy atom. The zero-order valence-electron chi connectivity index (χ0n) is 16.1. The third-order valence-corrected chi connectivity index (χ3v) is 6.74. The van der Waals surface area contributed by atoms with E-state index in [9.17, 15) is 4.79 Å². The average molecular weight is 402 g/mol. The monoisotopic (exact) mass is 401 g/mol. The van der Waals surface area contributed by atoms with Gasteiger partial charge < -0.3 is 14.8 Å². The topological polar surface area (TPSA) is 63.1 Å². The molecule has 28 heavy (non-hydrogen) atoms. The lowest BCUT2D eigenvalue weighted by Gasteiger charge is -2.45. The third-order valence-electron chi connectivity index (χ3n) is 6.74. The lowest BCUT2D eigenvalue weighted by molar-refractivity contribution is -0.142. The maximum atomic E-state index is 13.4. The van der Waals surface area contributed by atoms with Crippen molar-refractivity contribution in [2.45, 2.75) is 56.5 Å². The Morgan fingerprint density at radius 1 is 1.07 bits per heavy atom. The van der Waals surface area contributed by atoms with Crippen molar-refractivity contribution in [3.63, 3.8) is 0 Å². The molecule has 1 saturated heterocycles. The molecular weight excluding hydrogens is 374 g/mol. The van der Waals surface area contributed by atoms with Crippen molar-refractivity contribution in [1.29, 1.82) is 0 Å². The fourth-order valence-electron chi connectivity index (χ4n) is 4.97. The SMILES string of the molecule is Cl.O=C(N1CCC(c2nnc3n2CCNC3)CC1)C1(c2ccccc2)CCC1. The summed E-state index contributed by atoms with van der Waals surface area (Å²) in [7, 11) is 0. The van der Waals surface area contributed by atoms with Gasteiger partial charge in [0.1, 0.15) is 11.6 Å². The first-order valence-corrected chi connectivity index (χ1v) is 10.3. The van der Waals surface area contributed by atoms with Crippen molar-refractivity contribution < 1.29 is 4.79 Å². The van der Waals surface area contributed by atoms with E-state index in [0.717, 1.165) is 76.5 Å². The number of rotatable bonds is 3. The Morgan fingerprint density at radius 3 is 2.50 bits per heavy atom. The molecule has 0 spiro atoms. The highest BCUT2D eigenvalue weighted by Gasteiger charge is 2.48. The van der Waals surface area contributed by atoms with Gasteiger partial charge in [0.2, 0.25) is 5.91 Å². The molecule has 1 aromatic carbocycles. The smallest absolute Gasteiger partial charge is 0.233 e. The molecule has 0 unspecified atom stereocenters. The minimum Gasteiger partial charge on any atom is -0.342 e. The van der Waals surface area contributed by atoms with Crippen LogP contribution >= 0.6 is 12.4 Å². The second kappa shape index (κ2) is 7.84. The van der Waals surface area contributed by atoms with Crippen LogP contribution in [0.4, 0.5) is 0 Å². The van der Waals surface area contributed by atoms with Crippen LogP contribution in [0, 0.1) is 0 Å². The molecule has 6 nitrogen and oxygen atoms in total. The molecule has 0 bridgehead atoms. The zero-order chi connectivity index (χ0) is 18.3. The molecule has 7 heteroatoms. The number of fused-ring (bicyclic) bond motifs is 1. The lowest BCUT2D eigenvalue weighted by Crippen LogP contribution is -2.53. The van der Waals surface area contributed by atoms with Gasteiger partial charge in [-0.3, -0.25) is 4.79 Å². The van der Waals surface area contributed by atoms with Crippen LogP contribution in [0.25, 0.3) is 0 Å². The fraction of sp³-hybridized carbons (Fsp3) is 0.571. The number of hydrogen-bond donors (Lipinski definition) is 1. The zero-order valence-corrected chi connectivity index (χ0v) is 17.0. The Balaban J connectivity index is 0.00000192. The van der Waals surface area contributed by atoms with E-state index in [1.807, 2.05) is 6.07 Å². The van der Waals surface area contributed by atoms with Gasteiger partial charge in [0.05, 0.1) is 12.0 Å². The number of halogens is 1. The minimum absolute atomic E-state index is 0. The van der Waals surface area contributed by atoms with E-state index in [-0.39, 0.29) is 17.8 Å². The average Bonchev–Trinajstić information content (AvgIpc) is 3.12. The van der Waals surface area contributed by atoms with E-state index in [2.05, 4.69) is 49.2 Å². The first-order valence-electron chi connectivity index (χ1n) is 10.3. The summed E-state index contributed by atoms with van der Waals surface area (Å²) in [6.45, 7) is 4.41. The van der Waals surface area contributed by atoms with Gasteiger partial charge in [-0.25, -0.2) is 0 Å². The first kappa shape index (κ1) is 19.4. The molecular formula is C21H28ClN5O. The van der Waals surface area contributed by atoms with Gasteiger partial charge in [-0.2, -0.15) is 0 Å². The molecule has 1 N–H and O–H groups in total. The van der Waals surface area contributed by atoms with Gasteiger partial charge in [-0.05, 0) is 31.2 Å². The van der Waals surface area contributed by atoms with Crippen molar-refractivity contribution >= 4 is 18.3 Å². The van der Waals surface area contributed by atoms with E-state index >= 15 is 0 Å². The van der Waals surface area contributed by atoms with E-state index in [1.54, 1.807) is 0 Å². The predicted molar refractivity (Wildman–Crippen MR) is 110 cm³/mol. The molecule has 1 aliphatic carbocycles. The summed E-state index contributed by atoms with van der Waals surface area (Å²) < 4.78 is 2.29. The normalized spacial score (nSPS) is 21.4. The van der Waals surface area contributed by atoms with Gasteiger partial charge in [0.15, 0.2) is 0 Å². The Kier molecular flexibility index (Phi) is 5.43. The molecule has 5 rings (SSSR count). The van der Waals surface area contributed by atoms with Crippen LogP contribution in [0.1, 0.15) is 55.2 Å². The summed E-state index contributed by atoms with van der Waals surface area (Å²) in [6.07, 6.45) is 5.10. The van der Waals surface area contributed by atoms with Crippen LogP contribution in [-0.2, 0) is 23.3 Å². The molecule has 2 fully saturated rings. The van der Waals surface area contributed by atoms with Crippen molar-refractivity contribution in [2.24, 2.45) is 0 Å². The second-order valence-electron chi connectivity index (χ2n) is 8.17. The summed E-state index contributed by atoms with van der Waals surface area (Å²) in [4.78, 5) is 15.5. The maximum Gasteiger partial charge on any atom is 0.233 e. The number of piperidine rings is 1. The van der Waals surface area contributed by atoms with Crippen LogP contribution in [0.2, 0.25) is 0 Å². The van der Waals surface area contributed by atoms with Gasteiger partial charge in [0.25, 0.3) is 0 Å². The van der Waals surface area contributed by atoms with Gasteiger partial charge in [-0.15, -0.1) is 22.6 Å². The van der Waals surface area contributed by atoms with E-state index in [4.69, 9.17) is 0 Å².